The van der Waals surface area contributed by atoms with E-state index in [1.807, 2.05) is 12.1 Å². The van der Waals surface area contributed by atoms with Crippen LogP contribution in [0.1, 0.15) is 43.2 Å². The normalized spacial score (nSPS) is 17.3. The lowest BCUT2D eigenvalue weighted by Crippen LogP contribution is -2.33. The standard InChI is InChI=1S/C15H23FN2/c1-18(14-8-3-2-4-9-14)11-13-7-5-6-12(10-17)15(13)16/h5-7,14H,2-4,8-11,17H2,1H3. The number of halogens is 1. The minimum Gasteiger partial charge on any atom is -0.326 e. The van der Waals surface area contributed by atoms with Gasteiger partial charge >= 0.3 is 0 Å². The fourth-order valence-electron chi connectivity index (χ4n) is 2.83. The summed E-state index contributed by atoms with van der Waals surface area (Å²) in [6.45, 7) is 0.956. The summed E-state index contributed by atoms with van der Waals surface area (Å²) in [5.74, 6) is -0.123. The Labute approximate surface area is 109 Å². The third-order valence-electron chi connectivity index (χ3n) is 4.00. The van der Waals surface area contributed by atoms with Gasteiger partial charge in [-0.25, -0.2) is 4.39 Å². The number of benzene rings is 1. The molecule has 0 aliphatic heterocycles. The minimum atomic E-state index is -0.123. The molecule has 1 aliphatic rings. The van der Waals surface area contributed by atoms with E-state index in [9.17, 15) is 4.39 Å². The zero-order chi connectivity index (χ0) is 13.0. The van der Waals surface area contributed by atoms with Gasteiger partial charge in [0.1, 0.15) is 5.82 Å². The van der Waals surface area contributed by atoms with Crippen LogP contribution in [-0.2, 0) is 13.1 Å². The van der Waals surface area contributed by atoms with Crippen molar-refractivity contribution in [3.8, 4) is 0 Å². The lowest BCUT2D eigenvalue weighted by atomic mass is 9.94. The zero-order valence-corrected chi connectivity index (χ0v) is 11.2. The van der Waals surface area contributed by atoms with Crippen LogP contribution in [0.25, 0.3) is 0 Å². The van der Waals surface area contributed by atoms with Gasteiger partial charge in [0.15, 0.2) is 0 Å². The van der Waals surface area contributed by atoms with Crippen LogP contribution in [-0.4, -0.2) is 18.0 Å². The lowest BCUT2D eigenvalue weighted by molar-refractivity contribution is 0.182. The molecule has 1 aliphatic carbocycles. The Hall–Kier alpha value is -0.930. The van der Waals surface area contributed by atoms with Crippen molar-refractivity contribution in [2.45, 2.75) is 51.2 Å². The molecule has 0 saturated heterocycles. The molecule has 2 nitrogen and oxygen atoms in total. The highest BCUT2D eigenvalue weighted by Gasteiger charge is 2.19. The first-order valence-corrected chi connectivity index (χ1v) is 6.89. The van der Waals surface area contributed by atoms with E-state index in [1.165, 1.54) is 32.1 Å². The van der Waals surface area contributed by atoms with Crippen molar-refractivity contribution in [3.63, 3.8) is 0 Å². The maximum Gasteiger partial charge on any atom is 0.132 e. The topological polar surface area (TPSA) is 29.3 Å². The summed E-state index contributed by atoms with van der Waals surface area (Å²) in [4.78, 5) is 2.29. The average Bonchev–Trinajstić information content (AvgIpc) is 2.42. The number of nitrogens with two attached hydrogens (primary N) is 1. The van der Waals surface area contributed by atoms with Gasteiger partial charge in [-0.1, -0.05) is 37.5 Å². The molecule has 0 amide bonds. The first-order chi connectivity index (χ1) is 8.72. The van der Waals surface area contributed by atoms with Crippen LogP contribution in [0.15, 0.2) is 18.2 Å². The maximum absolute atomic E-state index is 14.1. The molecule has 1 aromatic rings. The Bertz CT molecular complexity index is 386. The van der Waals surface area contributed by atoms with Crippen LogP contribution in [0, 0.1) is 5.82 Å². The van der Waals surface area contributed by atoms with E-state index in [1.54, 1.807) is 6.07 Å². The molecule has 2 N–H and O–H groups in total. The Kier molecular flexibility index (Phi) is 4.72. The van der Waals surface area contributed by atoms with Crippen molar-refractivity contribution in [1.82, 2.24) is 4.90 Å². The molecule has 0 bridgehead atoms. The van der Waals surface area contributed by atoms with Crippen molar-refractivity contribution in [3.05, 3.63) is 35.1 Å². The lowest BCUT2D eigenvalue weighted by Gasteiger charge is -2.31. The van der Waals surface area contributed by atoms with Gasteiger partial charge in [-0.3, -0.25) is 4.90 Å². The fraction of sp³-hybridized carbons (Fsp3) is 0.600. The van der Waals surface area contributed by atoms with E-state index in [4.69, 9.17) is 5.73 Å². The Balaban J connectivity index is 2.04. The summed E-state index contributed by atoms with van der Waals surface area (Å²) in [6, 6.07) is 6.14. The smallest absolute Gasteiger partial charge is 0.132 e. The zero-order valence-electron chi connectivity index (χ0n) is 11.2. The van der Waals surface area contributed by atoms with E-state index >= 15 is 0 Å². The maximum atomic E-state index is 14.1. The summed E-state index contributed by atoms with van der Waals surface area (Å²) < 4.78 is 14.1. The molecule has 3 heteroatoms. The Morgan fingerprint density at radius 2 is 1.89 bits per heavy atom. The predicted octanol–water partition coefficient (Wildman–Crippen LogP) is 3.05. The first-order valence-electron chi connectivity index (χ1n) is 6.89. The van der Waals surface area contributed by atoms with Crippen molar-refractivity contribution in [2.24, 2.45) is 5.73 Å². The molecule has 0 unspecified atom stereocenters. The summed E-state index contributed by atoms with van der Waals surface area (Å²) >= 11 is 0. The minimum absolute atomic E-state index is 0.123. The quantitative estimate of drug-likeness (QED) is 0.890. The van der Waals surface area contributed by atoms with E-state index in [0.29, 0.717) is 18.2 Å². The van der Waals surface area contributed by atoms with Gasteiger partial charge in [-0.15, -0.1) is 0 Å². The first kappa shape index (κ1) is 13.5. The Morgan fingerprint density at radius 3 is 2.56 bits per heavy atom. The fourth-order valence-corrected chi connectivity index (χ4v) is 2.83. The van der Waals surface area contributed by atoms with E-state index in [-0.39, 0.29) is 12.4 Å². The summed E-state index contributed by atoms with van der Waals surface area (Å²) in [5.41, 5.74) is 6.92. The predicted molar refractivity (Wildman–Crippen MR) is 72.6 cm³/mol. The van der Waals surface area contributed by atoms with Gasteiger partial charge in [0.05, 0.1) is 0 Å². The van der Waals surface area contributed by atoms with E-state index in [0.717, 1.165) is 5.56 Å². The van der Waals surface area contributed by atoms with Gasteiger partial charge in [0.25, 0.3) is 0 Å². The van der Waals surface area contributed by atoms with Crippen LogP contribution in [0.5, 0.6) is 0 Å². The summed E-state index contributed by atoms with van der Waals surface area (Å²) in [6.07, 6.45) is 6.45. The van der Waals surface area contributed by atoms with Gasteiger partial charge in [0.2, 0.25) is 0 Å². The number of nitrogens with zero attached hydrogens (tertiary/aromatic N) is 1. The third-order valence-corrected chi connectivity index (χ3v) is 4.00. The summed E-state index contributed by atoms with van der Waals surface area (Å²) in [7, 11) is 2.10. The molecule has 0 spiro atoms. The summed E-state index contributed by atoms with van der Waals surface area (Å²) in [5, 5.41) is 0. The largest absolute Gasteiger partial charge is 0.326 e. The molecular weight excluding hydrogens is 227 g/mol. The second-order valence-electron chi connectivity index (χ2n) is 5.30. The van der Waals surface area contributed by atoms with Crippen molar-refractivity contribution < 1.29 is 4.39 Å². The molecule has 0 atom stereocenters. The van der Waals surface area contributed by atoms with Crippen molar-refractivity contribution in [2.75, 3.05) is 7.05 Å². The number of hydrogen-bond acceptors (Lipinski definition) is 2. The average molecular weight is 250 g/mol. The van der Waals surface area contributed by atoms with E-state index < -0.39 is 0 Å². The molecule has 2 rings (SSSR count). The third kappa shape index (κ3) is 3.09. The van der Waals surface area contributed by atoms with Gasteiger partial charge < -0.3 is 5.73 Å². The molecule has 18 heavy (non-hydrogen) atoms. The van der Waals surface area contributed by atoms with Gasteiger partial charge in [0, 0.05) is 30.3 Å². The highest BCUT2D eigenvalue weighted by Crippen LogP contribution is 2.23. The molecule has 1 fully saturated rings. The van der Waals surface area contributed by atoms with Crippen molar-refractivity contribution in [1.29, 1.82) is 0 Å². The van der Waals surface area contributed by atoms with Crippen LogP contribution in [0.2, 0.25) is 0 Å². The molecule has 1 saturated carbocycles. The molecule has 0 radical (unpaired) electrons. The second kappa shape index (κ2) is 6.30. The van der Waals surface area contributed by atoms with Gasteiger partial charge in [-0.2, -0.15) is 0 Å². The Morgan fingerprint density at radius 1 is 1.22 bits per heavy atom. The van der Waals surface area contributed by atoms with Crippen LogP contribution >= 0.6 is 0 Å². The SMILES string of the molecule is CN(Cc1cccc(CN)c1F)C1CCCCC1. The number of rotatable bonds is 4. The van der Waals surface area contributed by atoms with Crippen LogP contribution in [0.3, 0.4) is 0 Å². The second-order valence-corrected chi connectivity index (χ2v) is 5.30. The van der Waals surface area contributed by atoms with Crippen LogP contribution < -0.4 is 5.73 Å². The highest BCUT2D eigenvalue weighted by molar-refractivity contribution is 5.25. The molecule has 0 aromatic heterocycles. The van der Waals surface area contributed by atoms with Crippen molar-refractivity contribution >= 4 is 0 Å². The highest BCUT2D eigenvalue weighted by atomic mass is 19.1. The molecule has 0 heterocycles. The van der Waals surface area contributed by atoms with Crippen LogP contribution in [0.4, 0.5) is 4.39 Å². The van der Waals surface area contributed by atoms with E-state index in [2.05, 4.69) is 11.9 Å². The monoisotopic (exact) mass is 250 g/mol. The molecule has 100 valence electrons. The molecular formula is C15H23FN2. The number of hydrogen-bond donors (Lipinski definition) is 1. The molecule has 1 aromatic carbocycles. The van der Waals surface area contributed by atoms with Gasteiger partial charge in [-0.05, 0) is 19.9 Å².